The average molecular weight is 328 g/mol. The third kappa shape index (κ3) is 3.92. The van der Waals surface area contributed by atoms with Gasteiger partial charge < -0.3 is 4.42 Å². The molecule has 3 aromatic rings. The first kappa shape index (κ1) is 15.2. The van der Waals surface area contributed by atoms with Crippen molar-refractivity contribution in [2.24, 2.45) is 0 Å². The Labute approximate surface area is 136 Å². The van der Waals surface area contributed by atoms with E-state index in [1.165, 1.54) is 29.5 Å². The van der Waals surface area contributed by atoms with E-state index in [2.05, 4.69) is 10.3 Å². The molecule has 0 unspecified atom stereocenters. The maximum Gasteiger partial charge on any atom is 0.250 e. The second-order valence-electron chi connectivity index (χ2n) is 4.82. The van der Waals surface area contributed by atoms with Crippen molar-refractivity contribution in [3.63, 3.8) is 0 Å². The maximum absolute atomic E-state index is 13.2. The van der Waals surface area contributed by atoms with Crippen molar-refractivity contribution in [2.75, 3.05) is 5.32 Å². The smallest absolute Gasteiger partial charge is 0.250 e. The monoisotopic (exact) mass is 328 g/mol. The highest BCUT2D eigenvalue weighted by molar-refractivity contribution is 7.14. The zero-order valence-electron chi connectivity index (χ0n) is 12.2. The van der Waals surface area contributed by atoms with E-state index in [1.807, 2.05) is 13.0 Å². The van der Waals surface area contributed by atoms with Gasteiger partial charge in [0.25, 0.3) is 0 Å². The summed E-state index contributed by atoms with van der Waals surface area (Å²) in [7, 11) is 0. The number of anilines is 1. The van der Waals surface area contributed by atoms with Crippen LogP contribution in [0.15, 0.2) is 52.3 Å². The van der Waals surface area contributed by atoms with Crippen molar-refractivity contribution in [3.05, 3.63) is 65.2 Å². The summed E-state index contributed by atoms with van der Waals surface area (Å²) in [5.74, 6) is 0.763. The Bertz CT molecular complexity index is 867. The number of furan rings is 1. The Morgan fingerprint density at radius 1 is 1.35 bits per heavy atom. The largest absolute Gasteiger partial charge is 0.462 e. The molecule has 0 bridgehead atoms. The number of rotatable bonds is 4. The highest BCUT2D eigenvalue weighted by atomic mass is 32.1. The molecule has 2 heterocycles. The molecule has 0 spiro atoms. The molecule has 4 nitrogen and oxygen atoms in total. The number of nitrogens with one attached hydrogen (secondary N) is 1. The second-order valence-corrected chi connectivity index (χ2v) is 5.68. The van der Waals surface area contributed by atoms with Crippen LogP contribution in [0, 0.1) is 12.7 Å². The van der Waals surface area contributed by atoms with E-state index < -0.39 is 0 Å². The van der Waals surface area contributed by atoms with Gasteiger partial charge in [0.1, 0.15) is 17.3 Å². The van der Waals surface area contributed by atoms with Crippen molar-refractivity contribution in [3.8, 4) is 11.3 Å². The normalized spacial score (nSPS) is 11.0. The van der Waals surface area contributed by atoms with Crippen LogP contribution in [0.5, 0.6) is 0 Å². The number of benzene rings is 1. The minimum atomic E-state index is -0.322. The number of nitrogens with zero attached hydrogens (tertiary/aromatic N) is 1. The Balaban J connectivity index is 1.67. The van der Waals surface area contributed by atoms with E-state index in [4.69, 9.17) is 4.42 Å². The zero-order chi connectivity index (χ0) is 16.2. The quantitative estimate of drug-likeness (QED) is 0.717. The van der Waals surface area contributed by atoms with Crippen molar-refractivity contribution < 1.29 is 13.6 Å². The van der Waals surface area contributed by atoms with E-state index >= 15 is 0 Å². The standard InChI is InChI=1S/C17H13FN2O2S/c1-11-5-6-14(22-11)7-8-16(21)20-17-19-15(10-23-17)12-3-2-4-13(18)9-12/h2-10H,1H3,(H,19,20,21)/b8-7+. The van der Waals surface area contributed by atoms with E-state index in [1.54, 1.807) is 29.7 Å². The minimum Gasteiger partial charge on any atom is -0.462 e. The molecule has 1 N–H and O–H groups in total. The van der Waals surface area contributed by atoms with E-state index in [9.17, 15) is 9.18 Å². The molecule has 23 heavy (non-hydrogen) atoms. The summed E-state index contributed by atoms with van der Waals surface area (Å²) in [6.07, 6.45) is 2.96. The number of hydrogen-bond acceptors (Lipinski definition) is 4. The number of hydrogen-bond donors (Lipinski definition) is 1. The molecule has 2 aromatic heterocycles. The van der Waals surface area contributed by atoms with Crippen LogP contribution in [0.25, 0.3) is 17.3 Å². The molecule has 116 valence electrons. The Morgan fingerprint density at radius 2 is 2.22 bits per heavy atom. The Hall–Kier alpha value is -2.73. The van der Waals surface area contributed by atoms with E-state index in [-0.39, 0.29) is 11.7 Å². The van der Waals surface area contributed by atoms with Gasteiger partial charge in [-0.15, -0.1) is 11.3 Å². The van der Waals surface area contributed by atoms with Crippen LogP contribution in [0.3, 0.4) is 0 Å². The molecule has 3 rings (SSSR count). The molecule has 1 aromatic carbocycles. The molecule has 0 radical (unpaired) electrons. The predicted octanol–water partition coefficient (Wildman–Crippen LogP) is 4.50. The number of carbonyl (C=O) groups excluding carboxylic acids is 1. The summed E-state index contributed by atoms with van der Waals surface area (Å²) in [5.41, 5.74) is 1.29. The lowest BCUT2D eigenvalue weighted by atomic mass is 10.2. The second kappa shape index (κ2) is 6.58. The van der Waals surface area contributed by atoms with Gasteiger partial charge in [-0.05, 0) is 37.3 Å². The summed E-state index contributed by atoms with van der Waals surface area (Å²) in [6.45, 7) is 1.83. The Kier molecular flexibility index (Phi) is 4.34. The molecular weight excluding hydrogens is 315 g/mol. The van der Waals surface area contributed by atoms with Gasteiger partial charge >= 0.3 is 0 Å². The van der Waals surface area contributed by atoms with Gasteiger partial charge in [-0.2, -0.15) is 0 Å². The molecule has 0 aliphatic carbocycles. The lowest BCUT2D eigenvalue weighted by molar-refractivity contribution is -0.111. The van der Waals surface area contributed by atoms with Gasteiger partial charge in [-0.3, -0.25) is 10.1 Å². The topological polar surface area (TPSA) is 55.1 Å². The van der Waals surface area contributed by atoms with Gasteiger partial charge in [0.15, 0.2) is 5.13 Å². The fraction of sp³-hybridized carbons (Fsp3) is 0.0588. The van der Waals surface area contributed by atoms with Crippen LogP contribution in [0.4, 0.5) is 9.52 Å². The number of aryl methyl sites for hydroxylation is 1. The average Bonchev–Trinajstić information content (AvgIpc) is 3.14. The van der Waals surface area contributed by atoms with Crippen LogP contribution < -0.4 is 5.32 Å². The van der Waals surface area contributed by atoms with Crippen molar-refractivity contribution in [1.29, 1.82) is 0 Å². The zero-order valence-corrected chi connectivity index (χ0v) is 13.1. The molecule has 0 atom stereocenters. The number of carbonyl (C=O) groups is 1. The lowest BCUT2D eigenvalue weighted by Crippen LogP contribution is -2.07. The van der Waals surface area contributed by atoms with Gasteiger partial charge in [0.05, 0.1) is 5.69 Å². The third-order valence-electron chi connectivity index (χ3n) is 3.01. The summed E-state index contributed by atoms with van der Waals surface area (Å²) in [5, 5.41) is 4.89. The molecule has 0 saturated carbocycles. The lowest BCUT2D eigenvalue weighted by Gasteiger charge is -1.97. The van der Waals surface area contributed by atoms with Crippen LogP contribution in [0.2, 0.25) is 0 Å². The summed E-state index contributed by atoms with van der Waals surface area (Å²) in [6, 6.07) is 9.77. The summed E-state index contributed by atoms with van der Waals surface area (Å²) >= 11 is 1.28. The van der Waals surface area contributed by atoms with Crippen LogP contribution in [0.1, 0.15) is 11.5 Å². The molecule has 6 heteroatoms. The van der Waals surface area contributed by atoms with Crippen LogP contribution in [-0.4, -0.2) is 10.9 Å². The first-order chi connectivity index (χ1) is 11.1. The number of thiazole rings is 1. The molecule has 0 aliphatic rings. The van der Waals surface area contributed by atoms with Crippen molar-refractivity contribution in [1.82, 2.24) is 4.98 Å². The summed E-state index contributed by atoms with van der Waals surface area (Å²) < 4.78 is 18.6. The van der Waals surface area contributed by atoms with Crippen molar-refractivity contribution in [2.45, 2.75) is 6.92 Å². The number of halogens is 1. The highest BCUT2D eigenvalue weighted by Crippen LogP contribution is 2.25. The summed E-state index contributed by atoms with van der Waals surface area (Å²) in [4.78, 5) is 16.1. The first-order valence-electron chi connectivity index (χ1n) is 6.87. The van der Waals surface area contributed by atoms with Gasteiger partial charge in [0, 0.05) is 17.0 Å². The predicted molar refractivity (Wildman–Crippen MR) is 88.6 cm³/mol. The van der Waals surface area contributed by atoms with Crippen LogP contribution >= 0.6 is 11.3 Å². The fourth-order valence-corrected chi connectivity index (χ4v) is 2.68. The maximum atomic E-state index is 13.2. The molecule has 0 aliphatic heterocycles. The molecule has 1 amide bonds. The third-order valence-corrected chi connectivity index (χ3v) is 3.77. The fourth-order valence-electron chi connectivity index (χ4n) is 1.96. The first-order valence-corrected chi connectivity index (χ1v) is 7.75. The van der Waals surface area contributed by atoms with Crippen LogP contribution in [-0.2, 0) is 4.79 Å². The molecule has 0 fully saturated rings. The number of aromatic nitrogens is 1. The number of amides is 1. The van der Waals surface area contributed by atoms with Crippen molar-refractivity contribution >= 4 is 28.5 Å². The van der Waals surface area contributed by atoms with E-state index in [0.717, 1.165) is 5.76 Å². The Morgan fingerprint density at radius 3 is 2.96 bits per heavy atom. The molecular formula is C17H13FN2O2S. The molecule has 0 saturated heterocycles. The van der Waals surface area contributed by atoms with Gasteiger partial charge in [-0.25, -0.2) is 9.37 Å². The van der Waals surface area contributed by atoms with Gasteiger partial charge in [0.2, 0.25) is 5.91 Å². The highest BCUT2D eigenvalue weighted by Gasteiger charge is 2.07. The van der Waals surface area contributed by atoms with Gasteiger partial charge in [-0.1, -0.05) is 12.1 Å². The minimum absolute atomic E-state index is 0.306. The SMILES string of the molecule is Cc1ccc(/C=C/C(=O)Nc2nc(-c3cccc(F)c3)cs2)o1. The van der Waals surface area contributed by atoms with E-state index in [0.29, 0.717) is 22.1 Å².